The molecule has 4 aliphatic carbocycles. The van der Waals surface area contributed by atoms with Crippen LogP contribution in [-0.2, 0) is 19.1 Å². The molecule has 12 nitrogen and oxygen atoms in total. The first kappa shape index (κ1) is 35.3. The topological polar surface area (TPSA) is 205 Å². The minimum absolute atomic E-state index is 0.0360. The first-order valence-electron chi connectivity index (χ1n) is 18.1. The van der Waals surface area contributed by atoms with Crippen molar-refractivity contribution in [1.82, 2.24) is 10.9 Å². The first-order valence-corrected chi connectivity index (χ1v) is 18.1. The van der Waals surface area contributed by atoms with Crippen molar-refractivity contribution in [3.63, 3.8) is 0 Å². The second-order valence-electron chi connectivity index (χ2n) is 15.6. The number of benzene rings is 2. The number of guanidine groups is 2. The van der Waals surface area contributed by atoms with Gasteiger partial charge in [-0.05, 0) is 99.0 Å². The summed E-state index contributed by atoms with van der Waals surface area (Å²) in [6.07, 6.45) is 7.68. The summed E-state index contributed by atoms with van der Waals surface area (Å²) in [6.45, 7) is 5.44. The van der Waals surface area contributed by atoms with E-state index in [4.69, 9.17) is 32.4 Å². The Morgan fingerprint density at radius 1 is 0.640 bits per heavy atom. The Morgan fingerprint density at radius 2 is 1.02 bits per heavy atom. The van der Waals surface area contributed by atoms with Gasteiger partial charge in [0.15, 0.2) is 0 Å². The van der Waals surface area contributed by atoms with Crippen molar-refractivity contribution in [3.8, 4) is 0 Å². The molecule has 50 heavy (non-hydrogen) atoms. The number of carbonyl (C=O) groups excluding carboxylic acids is 2. The average molecular weight is 687 g/mol. The molecule has 0 radical (unpaired) electrons. The number of hydrogen-bond donors (Lipinski definition) is 6. The highest BCUT2D eigenvalue weighted by Gasteiger charge is 2.65. The summed E-state index contributed by atoms with van der Waals surface area (Å²) >= 11 is 0. The van der Waals surface area contributed by atoms with Gasteiger partial charge in [0.1, 0.15) is 11.2 Å². The average Bonchev–Trinajstić information content (AvgIpc) is 3.54. The highest BCUT2D eigenvalue weighted by Crippen LogP contribution is 2.64. The monoisotopic (exact) mass is 686 g/mol. The maximum atomic E-state index is 14.2. The Balaban J connectivity index is 1.26. The molecule has 0 saturated heterocycles. The number of nitrogens with two attached hydrogens (primary N) is 4. The van der Waals surface area contributed by atoms with E-state index in [1.165, 1.54) is 11.1 Å². The van der Waals surface area contributed by atoms with Crippen molar-refractivity contribution in [3.05, 3.63) is 71.8 Å². The molecule has 12 heteroatoms. The number of fused-ring (bicyclic) bond motifs is 2. The van der Waals surface area contributed by atoms with Crippen LogP contribution in [0.2, 0.25) is 0 Å². The minimum Gasteiger partial charge on any atom is -0.450 e. The van der Waals surface area contributed by atoms with E-state index in [0.29, 0.717) is 38.8 Å². The zero-order chi connectivity index (χ0) is 35.6. The first-order chi connectivity index (χ1) is 23.9. The van der Waals surface area contributed by atoms with Crippen molar-refractivity contribution in [2.24, 2.45) is 55.8 Å². The molecule has 270 valence electrons. The number of esters is 2. The van der Waals surface area contributed by atoms with Gasteiger partial charge in [-0.15, -0.1) is 10.2 Å². The third-order valence-electron chi connectivity index (χ3n) is 13.2. The lowest BCUT2D eigenvalue weighted by atomic mass is 9.59. The minimum atomic E-state index is -0.914. The van der Waals surface area contributed by atoms with Crippen molar-refractivity contribution in [2.45, 2.75) is 101 Å². The molecule has 8 atom stereocenters. The Kier molecular flexibility index (Phi) is 9.92. The quantitative estimate of drug-likeness (QED) is 0.0700. The van der Waals surface area contributed by atoms with E-state index < -0.39 is 34.0 Å². The van der Waals surface area contributed by atoms with Crippen LogP contribution >= 0.6 is 0 Å². The smallest absolute Gasteiger partial charge is 0.418 e. The Bertz CT molecular complexity index is 1460. The van der Waals surface area contributed by atoms with Gasteiger partial charge in [-0.25, -0.2) is 9.59 Å². The molecule has 0 aliphatic heterocycles. The Hall–Kier alpha value is -4.48. The molecular formula is C38H54N8O4. The summed E-state index contributed by atoms with van der Waals surface area (Å²) in [5, 5.41) is 8.02. The molecule has 0 unspecified atom stereocenters. The highest BCUT2D eigenvalue weighted by atomic mass is 16.6. The summed E-state index contributed by atoms with van der Waals surface area (Å²) in [4.78, 5) is 28.3. The number of ether oxygens (including phenoxy) is 2. The van der Waals surface area contributed by atoms with Crippen molar-refractivity contribution in [2.75, 3.05) is 13.1 Å². The van der Waals surface area contributed by atoms with Gasteiger partial charge in [0.25, 0.3) is 0 Å². The zero-order valence-corrected chi connectivity index (χ0v) is 29.4. The summed E-state index contributed by atoms with van der Waals surface area (Å²) < 4.78 is 13.1. The van der Waals surface area contributed by atoms with Crippen molar-refractivity contribution < 1.29 is 19.1 Å². The number of carbonyl (C=O) groups is 2. The molecule has 0 amide bonds. The number of hydrogen-bond acceptors (Lipinski definition) is 8. The van der Waals surface area contributed by atoms with Crippen LogP contribution in [0.3, 0.4) is 0 Å². The molecule has 4 fully saturated rings. The molecule has 4 saturated carbocycles. The van der Waals surface area contributed by atoms with E-state index in [-0.39, 0.29) is 35.6 Å². The lowest BCUT2D eigenvalue weighted by Crippen LogP contribution is -2.56. The van der Waals surface area contributed by atoms with E-state index in [1.807, 2.05) is 36.4 Å². The van der Waals surface area contributed by atoms with E-state index in [0.717, 1.165) is 38.5 Å². The van der Waals surface area contributed by atoms with Crippen LogP contribution < -0.4 is 33.8 Å². The fourth-order valence-electron chi connectivity index (χ4n) is 10.3. The van der Waals surface area contributed by atoms with Gasteiger partial charge in [-0.3, -0.25) is 0 Å². The molecule has 0 bridgehead atoms. The van der Waals surface area contributed by atoms with Gasteiger partial charge in [0, 0.05) is 23.9 Å². The van der Waals surface area contributed by atoms with E-state index in [1.54, 1.807) is 0 Å². The highest BCUT2D eigenvalue weighted by molar-refractivity contribution is 6.30. The second-order valence-corrected chi connectivity index (χ2v) is 15.6. The molecule has 2 aromatic carbocycles. The summed E-state index contributed by atoms with van der Waals surface area (Å²) in [5.41, 5.74) is 28.3. The number of hydrazone groups is 2. The number of nitrogens with one attached hydrogen (secondary N) is 2. The molecule has 0 spiro atoms. The number of rotatable bonds is 10. The van der Waals surface area contributed by atoms with Crippen LogP contribution in [0.1, 0.15) is 101 Å². The van der Waals surface area contributed by atoms with E-state index >= 15 is 0 Å². The van der Waals surface area contributed by atoms with E-state index in [2.05, 4.69) is 59.2 Å². The Labute approximate surface area is 295 Å². The summed E-state index contributed by atoms with van der Waals surface area (Å²) in [6, 6.07) is 20.7. The van der Waals surface area contributed by atoms with Crippen molar-refractivity contribution >= 4 is 23.9 Å². The van der Waals surface area contributed by atoms with Gasteiger partial charge < -0.3 is 43.3 Å². The predicted octanol–water partition coefficient (Wildman–Crippen LogP) is 3.87. The van der Waals surface area contributed by atoms with Gasteiger partial charge in [0.05, 0.1) is 0 Å². The summed E-state index contributed by atoms with van der Waals surface area (Å²) in [7, 11) is 0. The molecule has 10 N–H and O–H groups in total. The maximum Gasteiger partial charge on any atom is 0.418 e. The maximum absolute atomic E-state index is 14.2. The molecule has 2 aromatic rings. The molecule has 0 heterocycles. The fraction of sp³-hybridized carbons (Fsp3) is 0.579. The van der Waals surface area contributed by atoms with Crippen LogP contribution in [0.15, 0.2) is 70.9 Å². The fourth-order valence-corrected chi connectivity index (χ4v) is 10.3. The van der Waals surface area contributed by atoms with Gasteiger partial charge in [-0.1, -0.05) is 74.5 Å². The molecule has 4 aliphatic rings. The van der Waals surface area contributed by atoms with Crippen LogP contribution in [0.25, 0.3) is 0 Å². The van der Waals surface area contributed by atoms with Crippen molar-refractivity contribution in [1.29, 1.82) is 0 Å². The van der Waals surface area contributed by atoms with Gasteiger partial charge >= 0.3 is 11.9 Å². The van der Waals surface area contributed by atoms with Crippen LogP contribution in [0, 0.1) is 22.7 Å². The predicted molar refractivity (Wildman–Crippen MR) is 193 cm³/mol. The molecule has 6 rings (SSSR count). The van der Waals surface area contributed by atoms with Gasteiger partial charge in [0.2, 0.25) is 11.9 Å². The Morgan fingerprint density at radius 3 is 1.38 bits per heavy atom. The van der Waals surface area contributed by atoms with Gasteiger partial charge in [-0.2, -0.15) is 0 Å². The largest absolute Gasteiger partial charge is 0.450 e. The van der Waals surface area contributed by atoms with Crippen LogP contribution in [0.4, 0.5) is 0 Å². The molecule has 0 aromatic heterocycles. The molecular weight excluding hydrogens is 632 g/mol. The third kappa shape index (κ3) is 6.56. The second kappa shape index (κ2) is 14.0. The van der Waals surface area contributed by atoms with Crippen LogP contribution in [0.5, 0.6) is 0 Å². The standard InChI is InChI=1S/C38H54N8O4/c1-35-17-13-27(25-9-5-3-6-10-25)21-37(35,19-15-29(35)23-43-45-33(39)40)49-31(47)32(48)50-38-20-16-30(24-44-46-34(41)42)36(38,2)18-14-28(22-38)26-11-7-4-8-12-26/h3-12,27-30,43-44H,13-24H2,1-2H3,(H4,39,40,45)(H4,41,42,46)/t27-,28-,29+,30+,35+,36+,37-,38-/m0/s1. The zero-order valence-electron chi connectivity index (χ0n) is 29.4. The van der Waals surface area contributed by atoms with E-state index in [9.17, 15) is 9.59 Å². The summed E-state index contributed by atoms with van der Waals surface area (Å²) in [5.74, 6) is -1.25. The number of nitrogens with zero attached hydrogens (tertiary/aromatic N) is 2. The normalized spacial score (nSPS) is 34.4. The lowest BCUT2D eigenvalue weighted by Gasteiger charge is -2.52. The lowest BCUT2D eigenvalue weighted by molar-refractivity contribution is -0.208. The SMILES string of the molecule is C[C@]12CC[C@H](c3ccccc3)C[C@@]1(OC(=O)C(=O)O[C@]13CC[C@H](CNN=C(N)N)[C@@]1(C)CC[C@H](c1ccccc1)C3)CC[C@@H]2CNN=C(N)N. The van der Waals surface area contributed by atoms with Crippen LogP contribution in [-0.4, -0.2) is 48.1 Å². The third-order valence-corrected chi connectivity index (χ3v) is 13.2.